The van der Waals surface area contributed by atoms with Crippen molar-refractivity contribution in [3.05, 3.63) is 70.9 Å². The Morgan fingerprint density at radius 2 is 2.03 bits per heavy atom. The fourth-order valence-corrected chi connectivity index (χ4v) is 5.54. The van der Waals surface area contributed by atoms with Gasteiger partial charge in [-0.3, -0.25) is 0 Å². The maximum Gasteiger partial charge on any atom is 0.0811 e. The van der Waals surface area contributed by atoms with Gasteiger partial charge in [-0.2, -0.15) is 0 Å². The van der Waals surface area contributed by atoms with E-state index in [2.05, 4.69) is 70.7 Å². The average Bonchev–Trinajstić information content (AvgIpc) is 3.00. The summed E-state index contributed by atoms with van der Waals surface area (Å²) in [5.74, 6) is 1.02. The fraction of sp³-hybridized carbons (Fsp3) is 0.556. The predicted octanol–water partition coefficient (Wildman–Crippen LogP) is 6.21. The Bertz CT molecular complexity index is 787. The van der Waals surface area contributed by atoms with Crippen LogP contribution in [0.2, 0.25) is 0 Å². The third-order valence-corrected chi connectivity index (χ3v) is 7.20. The van der Waals surface area contributed by atoms with Crippen molar-refractivity contribution in [2.45, 2.75) is 78.4 Å². The highest BCUT2D eigenvalue weighted by atomic mass is 16.3. The molecule has 0 aromatic heterocycles. The molecule has 0 heterocycles. The molecule has 0 bridgehead atoms. The summed E-state index contributed by atoms with van der Waals surface area (Å²) < 4.78 is 0. The molecule has 0 aliphatic heterocycles. The van der Waals surface area contributed by atoms with E-state index in [4.69, 9.17) is 0 Å². The molecule has 0 amide bonds. The molecule has 2 heteroatoms. The summed E-state index contributed by atoms with van der Waals surface area (Å²) in [6.45, 7) is 13.1. The fourth-order valence-electron chi connectivity index (χ4n) is 5.54. The first-order chi connectivity index (χ1) is 13.7. The van der Waals surface area contributed by atoms with E-state index in [1.54, 1.807) is 5.57 Å². The lowest BCUT2D eigenvalue weighted by Crippen LogP contribution is -2.32. The van der Waals surface area contributed by atoms with Crippen LogP contribution in [0.1, 0.15) is 66.2 Å². The van der Waals surface area contributed by atoms with Crippen molar-refractivity contribution >= 4 is 0 Å². The molecule has 3 rings (SSSR count). The van der Waals surface area contributed by atoms with Gasteiger partial charge in [0.2, 0.25) is 0 Å². The van der Waals surface area contributed by atoms with Crippen molar-refractivity contribution in [1.29, 1.82) is 0 Å². The lowest BCUT2D eigenvalue weighted by Gasteiger charge is -2.42. The quantitative estimate of drug-likeness (QED) is 0.440. The Balaban J connectivity index is 1.79. The van der Waals surface area contributed by atoms with Gasteiger partial charge in [0.05, 0.1) is 12.2 Å². The highest BCUT2D eigenvalue weighted by Gasteiger charge is 2.45. The van der Waals surface area contributed by atoms with Crippen LogP contribution < -0.4 is 0 Å². The monoisotopic (exact) mass is 394 g/mol. The van der Waals surface area contributed by atoms with Gasteiger partial charge in [-0.15, -0.1) is 0 Å². The summed E-state index contributed by atoms with van der Waals surface area (Å²) in [6.07, 6.45) is 18.2. The van der Waals surface area contributed by atoms with Crippen LogP contribution in [-0.2, 0) is 0 Å². The van der Waals surface area contributed by atoms with Crippen LogP contribution in [0.25, 0.3) is 0 Å². The zero-order valence-corrected chi connectivity index (χ0v) is 18.6. The zero-order valence-electron chi connectivity index (χ0n) is 18.6. The van der Waals surface area contributed by atoms with E-state index in [1.165, 1.54) is 24.0 Å². The number of rotatable bonds is 4. The van der Waals surface area contributed by atoms with Gasteiger partial charge >= 0.3 is 0 Å². The maximum absolute atomic E-state index is 10.1. The van der Waals surface area contributed by atoms with Crippen LogP contribution in [0.4, 0.5) is 0 Å². The summed E-state index contributed by atoms with van der Waals surface area (Å²) >= 11 is 0. The van der Waals surface area contributed by atoms with E-state index in [0.29, 0.717) is 24.7 Å². The predicted molar refractivity (Wildman–Crippen MR) is 122 cm³/mol. The Morgan fingerprint density at radius 1 is 1.28 bits per heavy atom. The van der Waals surface area contributed by atoms with Crippen molar-refractivity contribution in [1.82, 2.24) is 0 Å². The first-order valence-electron chi connectivity index (χ1n) is 11.2. The van der Waals surface area contributed by atoms with E-state index < -0.39 is 12.2 Å². The zero-order chi connectivity index (χ0) is 21.2. The van der Waals surface area contributed by atoms with Crippen molar-refractivity contribution < 1.29 is 10.2 Å². The Morgan fingerprint density at radius 3 is 2.76 bits per heavy atom. The van der Waals surface area contributed by atoms with Crippen molar-refractivity contribution in [3.63, 3.8) is 0 Å². The molecule has 2 nitrogen and oxygen atoms in total. The molecular formula is C27H38O2. The van der Waals surface area contributed by atoms with E-state index in [1.807, 2.05) is 0 Å². The normalized spacial score (nSPS) is 36.4. The topological polar surface area (TPSA) is 40.5 Å². The molecule has 0 aromatic carbocycles. The van der Waals surface area contributed by atoms with Gasteiger partial charge in [-0.05, 0) is 74.3 Å². The molecule has 29 heavy (non-hydrogen) atoms. The van der Waals surface area contributed by atoms with Crippen LogP contribution in [0.15, 0.2) is 70.9 Å². The molecule has 3 aliphatic rings. The largest absolute Gasteiger partial charge is 0.393 e. The molecule has 0 aromatic rings. The number of allylic oxidation sites excluding steroid dienone is 9. The van der Waals surface area contributed by atoms with Crippen LogP contribution in [0, 0.1) is 17.3 Å². The molecule has 2 fully saturated rings. The Kier molecular flexibility index (Phi) is 6.86. The Hall–Kier alpha value is -1.64. The molecule has 3 aliphatic carbocycles. The highest BCUT2D eigenvalue weighted by Crippen LogP contribution is 2.56. The highest BCUT2D eigenvalue weighted by molar-refractivity contribution is 5.40. The second kappa shape index (κ2) is 9.02. The summed E-state index contributed by atoms with van der Waals surface area (Å²) in [7, 11) is 0. The number of hydrogen-bond acceptors (Lipinski definition) is 2. The van der Waals surface area contributed by atoms with E-state index in [0.717, 1.165) is 24.0 Å². The van der Waals surface area contributed by atoms with Crippen LogP contribution in [0.5, 0.6) is 0 Å². The second-order valence-corrected chi connectivity index (χ2v) is 9.70. The first-order valence-corrected chi connectivity index (χ1v) is 11.2. The van der Waals surface area contributed by atoms with Crippen LogP contribution >= 0.6 is 0 Å². The molecule has 0 saturated heterocycles. The molecule has 0 spiro atoms. The smallest absolute Gasteiger partial charge is 0.0811 e. The van der Waals surface area contributed by atoms with Crippen molar-refractivity contribution in [2.24, 2.45) is 17.3 Å². The minimum Gasteiger partial charge on any atom is -0.393 e. The van der Waals surface area contributed by atoms with Crippen molar-refractivity contribution in [2.75, 3.05) is 0 Å². The average molecular weight is 395 g/mol. The maximum atomic E-state index is 10.1. The lowest BCUT2D eigenvalue weighted by atomic mass is 9.62. The van der Waals surface area contributed by atoms with Gasteiger partial charge < -0.3 is 10.2 Å². The number of hydrogen-bond donors (Lipinski definition) is 2. The minimum absolute atomic E-state index is 0.236. The van der Waals surface area contributed by atoms with Gasteiger partial charge in [0, 0.05) is 6.42 Å². The number of fused-ring (bicyclic) bond motifs is 1. The summed E-state index contributed by atoms with van der Waals surface area (Å²) in [4.78, 5) is 0. The summed E-state index contributed by atoms with van der Waals surface area (Å²) in [6, 6.07) is 0. The van der Waals surface area contributed by atoms with Gasteiger partial charge in [-0.25, -0.2) is 0 Å². The van der Waals surface area contributed by atoms with Crippen LogP contribution in [-0.4, -0.2) is 22.4 Å². The summed E-state index contributed by atoms with van der Waals surface area (Å²) in [5, 5.41) is 20.1. The molecule has 5 atom stereocenters. The molecule has 2 saturated carbocycles. The lowest BCUT2D eigenvalue weighted by molar-refractivity contribution is 0.0862. The van der Waals surface area contributed by atoms with Crippen LogP contribution in [0.3, 0.4) is 0 Å². The summed E-state index contributed by atoms with van der Waals surface area (Å²) in [5.41, 5.74) is 6.44. The first kappa shape index (κ1) is 22.1. The van der Waals surface area contributed by atoms with E-state index >= 15 is 0 Å². The SMILES string of the molecule is C=C1/C(=C\C=C2/CCC[C@]3(C)C([C@H](C)/C=C/C=C(C)C)=CC[C@@H]23)C[C@@H](O)C[C@@H]1O. The minimum atomic E-state index is -0.617. The standard InChI is InChI=1S/C27H38O2/c1-18(2)8-6-9-19(3)24-13-14-25-21(10-7-15-27(24,25)5)11-12-22-16-23(28)17-26(29)20(22)4/h6,8-9,11-13,19,23,25-26,28-29H,4,7,10,14-17H2,1-3,5H3/b9-6+,21-11+,22-12-/t19-,23-,25+,26+,27-/m1/s1. The molecular weight excluding hydrogens is 356 g/mol. The number of aliphatic hydroxyl groups excluding tert-OH is 2. The third kappa shape index (κ3) is 4.75. The molecule has 2 N–H and O–H groups in total. The van der Waals surface area contributed by atoms with Gasteiger partial charge in [0.1, 0.15) is 0 Å². The third-order valence-electron chi connectivity index (χ3n) is 7.20. The van der Waals surface area contributed by atoms with Gasteiger partial charge in [0.25, 0.3) is 0 Å². The van der Waals surface area contributed by atoms with E-state index in [-0.39, 0.29) is 5.41 Å². The second-order valence-electron chi connectivity index (χ2n) is 9.70. The molecule has 158 valence electrons. The van der Waals surface area contributed by atoms with Gasteiger partial charge in [0.15, 0.2) is 0 Å². The molecule has 0 radical (unpaired) electrons. The van der Waals surface area contributed by atoms with E-state index in [9.17, 15) is 10.2 Å². The Labute approximate surface area is 177 Å². The number of aliphatic hydroxyl groups is 2. The van der Waals surface area contributed by atoms with Gasteiger partial charge in [-0.1, -0.05) is 73.6 Å². The molecule has 0 unspecified atom stereocenters. The van der Waals surface area contributed by atoms with Crippen molar-refractivity contribution in [3.8, 4) is 0 Å².